The van der Waals surface area contributed by atoms with Crippen LogP contribution in [0.3, 0.4) is 0 Å². The zero-order valence-electron chi connectivity index (χ0n) is 18.9. The molecule has 4 rings (SSSR count). The number of hydrogen-bond acceptors (Lipinski definition) is 5. The summed E-state index contributed by atoms with van der Waals surface area (Å²) in [7, 11) is -0.583. The molecule has 0 radical (unpaired) electrons. The number of benzene rings is 3. The van der Waals surface area contributed by atoms with Gasteiger partial charge in [0.15, 0.2) is 0 Å². The number of nitrogens with zero attached hydrogens (tertiary/aromatic N) is 2. The molecule has 0 unspecified atom stereocenters. The molecule has 0 bridgehead atoms. The minimum absolute atomic E-state index is 0.627. The fourth-order valence-electron chi connectivity index (χ4n) is 3.25. The number of aromatic amines is 1. The van der Waals surface area contributed by atoms with Crippen molar-refractivity contribution in [2.24, 2.45) is 0 Å². The summed E-state index contributed by atoms with van der Waals surface area (Å²) in [6.45, 7) is 1.48. The first-order valence-corrected chi connectivity index (χ1v) is 11.9. The molecule has 0 aliphatic rings. The molecule has 9 heteroatoms. The van der Waals surface area contributed by atoms with E-state index in [4.69, 9.17) is 27.2 Å². The maximum absolute atomic E-state index is 8.74. The monoisotopic (exact) mass is 481 g/mol. The van der Waals surface area contributed by atoms with Gasteiger partial charge in [0.2, 0.25) is 0 Å². The van der Waals surface area contributed by atoms with Crippen molar-refractivity contribution in [3.63, 3.8) is 0 Å². The third kappa shape index (κ3) is 7.53. The van der Waals surface area contributed by atoms with Crippen molar-refractivity contribution in [2.75, 3.05) is 27.2 Å². The minimum atomic E-state index is -4.67. The molecule has 178 valence electrons. The Bertz CT molecular complexity index is 1230. The van der Waals surface area contributed by atoms with Crippen LogP contribution in [-0.4, -0.2) is 59.6 Å². The summed E-state index contributed by atoms with van der Waals surface area (Å²) in [6, 6.07) is 28.6. The topological polar surface area (TPSA) is 116 Å². The van der Waals surface area contributed by atoms with E-state index < -0.39 is 10.4 Å². The van der Waals surface area contributed by atoms with Crippen LogP contribution in [0.25, 0.3) is 33.9 Å². The third-order valence-electron chi connectivity index (χ3n) is 4.75. The second-order valence-electron chi connectivity index (χ2n) is 7.64. The highest BCUT2D eigenvalue weighted by molar-refractivity contribution is 7.79. The number of H-pyrrole nitrogens is 1. The molecule has 0 fully saturated rings. The Kier molecular flexibility index (Phi) is 8.55. The van der Waals surface area contributed by atoms with Crippen molar-refractivity contribution in [3.8, 4) is 39.7 Å². The lowest BCUT2D eigenvalue weighted by Gasteiger charge is -2.13. The fourth-order valence-corrected chi connectivity index (χ4v) is 3.25. The van der Waals surface area contributed by atoms with E-state index in [1.54, 1.807) is 0 Å². The molecule has 0 amide bonds. The predicted molar refractivity (Wildman–Crippen MR) is 133 cm³/mol. The number of aromatic nitrogens is 2. The first kappa shape index (κ1) is 25.1. The van der Waals surface area contributed by atoms with Gasteiger partial charge >= 0.3 is 10.4 Å². The van der Waals surface area contributed by atoms with E-state index in [9.17, 15) is 0 Å². The van der Waals surface area contributed by atoms with Crippen molar-refractivity contribution < 1.29 is 22.3 Å². The summed E-state index contributed by atoms with van der Waals surface area (Å²) in [5.74, 6) is 1.64. The summed E-state index contributed by atoms with van der Waals surface area (Å²) in [4.78, 5) is 10.6. The number of nitrogens with one attached hydrogen (secondary N) is 1. The standard InChI is InChI=1S/C25H25N3O.H2O4S/c1-28(2)17-18-29-22-16-10-9-15-21(22)25-26-23(19-11-5-3-6-12-19)24(27-25)20-13-7-4-8-14-20;1-5(2,3)4/h3-16H,17-18H2,1-2H3,(H,26,27);(H2,1,2,3,4). The van der Waals surface area contributed by atoms with Gasteiger partial charge in [-0.2, -0.15) is 8.42 Å². The van der Waals surface area contributed by atoms with Crippen LogP contribution in [0.5, 0.6) is 5.75 Å². The lowest BCUT2D eigenvalue weighted by atomic mass is 10.1. The Morgan fingerprint density at radius 1 is 0.853 bits per heavy atom. The first-order chi connectivity index (χ1) is 16.2. The normalized spacial score (nSPS) is 11.1. The highest BCUT2D eigenvalue weighted by Gasteiger charge is 2.17. The zero-order chi connectivity index (χ0) is 24.6. The maximum atomic E-state index is 8.74. The van der Waals surface area contributed by atoms with Gasteiger partial charge in [-0.05, 0) is 26.2 Å². The molecule has 0 aliphatic carbocycles. The lowest BCUT2D eigenvalue weighted by molar-refractivity contribution is 0.262. The van der Waals surface area contributed by atoms with Gasteiger partial charge in [-0.1, -0.05) is 72.8 Å². The van der Waals surface area contributed by atoms with Gasteiger partial charge in [-0.15, -0.1) is 0 Å². The molecule has 1 aromatic heterocycles. The van der Waals surface area contributed by atoms with Crippen molar-refractivity contribution in [1.82, 2.24) is 14.9 Å². The fraction of sp³-hybridized carbons (Fsp3) is 0.160. The van der Waals surface area contributed by atoms with Gasteiger partial charge in [0, 0.05) is 17.7 Å². The van der Waals surface area contributed by atoms with Gasteiger partial charge in [0.25, 0.3) is 0 Å². The van der Waals surface area contributed by atoms with Crippen LogP contribution in [0.2, 0.25) is 0 Å². The lowest BCUT2D eigenvalue weighted by Crippen LogP contribution is -2.19. The molecular weight excluding hydrogens is 454 g/mol. The summed E-state index contributed by atoms with van der Waals surface area (Å²) in [6.07, 6.45) is 0. The van der Waals surface area contributed by atoms with E-state index >= 15 is 0 Å². The Morgan fingerprint density at radius 3 is 1.97 bits per heavy atom. The van der Waals surface area contributed by atoms with Gasteiger partial charge in [0.05, 0.1) is 17.0 Å². The Hall–Kier alpha value is -3.50. The summed E-state index contributed by atoms with van der Waals surface area (Å²) in [5.41, 5.74) is 5.10. The molecule has 0 aliphatic heterocycles. The van der Waals surface area contributed by atoms with Gasteiger partial charge in [-0.3, -0.25) is 9.11 Å². The Morgan fingerprint density at radius 2 is 1.38 bits per heavy atom. The van der Waals surface area contributed by atoms with Gasteiger partial charge in [0.1, 0.15) is 18.2 Å². The van der Waals surface area contributed by atoms with Crippen LogP contribution in [0.4, 0.5) is 0 Å². The van der Waals surface area contributed by atoms with Crippen LogP contribution >= 0.6 is 0 Å². The Balaban J connectivity index is 0.000000588. The predicted octanol–water partition coefficient (Wildman–Crippen LogP) is 4.70. The molecule has 0 saturated carbocycles. The quantitative estimate of drug-likeness (QED) is 0.328. The smallest absolute Gasteiger partial charge is 0.394 e. The minimum Gasteiger partial charge on any atom is -0.491 e. The molecule has 0 spiro atoms. The number of para-hydroxylation sites is 1. The zero-order valence-corrected chi connectivity index (χ0v) is 19.7. The van der Waals surface area contributed by atoms with E-state index in [2.05, 4.69) is 34.1 Å². The van der Waals surface area contributed by atoms with Gasteiger partial charge in [-0.25, -0.2) is 4.98 Å². The second-order valence-corrected chi connectivity index (χ2v) is 8.53. The summed E-state index contributed by atoms with van der Waals surface area (Å²) in [5, 5.41) is 0. The third-order valence-corrected chi connectivity index (χ3v) is 4.75. The van der Waals surface area contributed by atoms with Crippen molar-refractivity contribution in [3.05, 3.63) is 84.9 Å². The molecule has 1 heterocycles. The maximum Gasteiger partial charge on any atom is 0.394 e. The Labute approximate surface area is 199 Å². The SMILES string of the molecule is CN(C)CCOc1ccccc1-c1nc(-c2ccccc2)c(-c2ccccc2)[nH]1.O=S(=O)(O)O. The van der Waals surface area contributed by atoms with Crippen molar-refractivity contribution >= 4 is 10.4 Å². The molecule has 0 atom stereocenters. The van der Waals surface area contributed by atoms with Crippen LogP contribution in [-0.2, 0) is 10.4 Å². The molecule has 8 nitrogen and oxygen atoms in total. The van der Waals surface area contributed by atoms with Crippen LogP contribution in [0.1, 0.15) is 0 Å². The summed E-state index contributed by atoms with van der Waals surface area (Å²) >= 11 is 0. The average molecular weight is 482 g/mol. The van der Waals surface area contributed by atoms with Crippen molar-refractivity contribution in [2.45, 2.75) is 0 Å². The van der Waals surface area contributed by atoms with Crippen LogP contribution < -0.4 is 4.74 Å². The molecule has 3 N–H and O–H groups in total. The number of imidazole rings is 1. The largest absolute Gasteiger partial charge is 0.491 e. The second kappa shape index (κ2) is 11.6. The van der Waals surface area contributed by atoms with Crippen molar-refractivity contribution in [1.29, 1.82) is 0 Å². The molecule has 34 heavy (non-hydrogen) atoms. The average Bonchev–Trinajstić information content (AvgIpc) is 3.25. The van der Waals surface area contributed by atoms with E-state index in [0.29, 0.717) is 6.61 Å². The molecule has 4 aromatic rings. The highest BCUT2D eigenvalue weighted by atomic mass is 32.3. The molecule has 3 aromatic carbocycles. The summed E-state index contributed by atoms with van der Waals surface area (Å²) < 4.78 is 37.6. The van der Waals surface area contributed by atoms with Crippen LogP contribution in [0, 0.1) is 0 Å². The number of rotatable bonds is 7. The van der Waals surface area contributed by atoms with E-state index in [-0.39, 0.29) is 0 Å². The number of hydrogen-bond donors (Lipinski definition) is 3. The molecule has 0 saturated heterocycles. The van der Waals surface area contributed by atoms with E-state index in [1.165, 1.54) is 0 Å². The van der Waals surface area contributed by atoms with Crippen LogP contribution in [0.15, 0.2) is 84.9 Å². The van der Waals surface area contributed by atoms with Gasteiger partial charge < -0.3 is 14.6 Å². The molecular formula is C25H27N3O5S. The van der Waals surface area contributed by atoms with E-state index in [1.807, 2.05) is 74.8 Å². The number of ether oxygens (including phenoxy) is 1. The highest BCUT2D eigenvalue weighted by Crippen LogP contribution is 2.35. The van der Waals surface area contributed by atoms with E-state index in [0.717, 1.165) is 46.2 Å². The number of likely N-dealkylation sites (N-methyl/N-ethyl adjacent to an activating group) is 1. The first-order valence-electron chi connectivity index (χ1n) is 10.5.